The van der Waals surface area contributed by atoms with Gasteiger partial charge >= 0.3 is 0 Å². The van der Waals surface area contributed by atoms with E-state index in [1.165, 1.54) is 6.20 Å². The summed E-state index contributed by atoms with van der Waals surface area (Å²) in [6.07, 6.45) is 2.88. The van der Waals surface area contributed by atoms with Crippen molar-refractivity contribution in [3.05, 3.63) is 76.5 Å². The van der Waals surface area contributed by atoms with Gasteiger partial charge in [-0.15, -0.1) is 0 Å². The lowest BCUT2D eigenvalue weighted by atomic mass is 9.85. The van der Waals surface area contributed by atoms with Crippen LogP contribution >= 0.6 is 0 Å². The molecule has 2 heterocycles. The van der Waals surface area contributed by atoms with E-state index in [0.717, 1.165) is 25.1 Å². The third-order valence-electron chi connectivity index (χ3n) is 7.12. The quantitative estimate of drug-likeness (QED) is 0.359. The first kappa shape index (κ1) is 26.7. The topological polar surface area (TPSA) is 101 Å². The number of hydrogen-bond acceptors (Lipinski definition) is 4. The molecule has 2 amide bonds. The van der Waals surface area contributed by atoms with Crippen LogP contribution in [0.4, 0.5) is 10.1 Å². The second kappa shape index (κ2) is 11.4. The van der Waals surface area contributed by atoms with Gasteiger partial charge in [-0.3, -0.25) is 9.59 Å². The number of nitrogens with zero attached hydrogens (tertiary/aromatic N) is 5. The molecule has 2 fully saturated rings. The van der Waals surface area contributed by atoms with Gasteiger partial charge in [-0.1, -0.05) is 18.2 Å². The number of nitrogens with one attached hydrogen (secondary N) is 1. The van der Waals surface area contributed by atoms with Crippen LogP contribution in [-0.2, 0) is 10.5 Å². The van der Waals surface area contributed by atoms with E-state index in [4.69, 9.17) is 5.26 Å². The largest absolute Gasteiger partial charge is 0.341 e. The van der Waals surface area contributed by atoms with Gasteiger partial charge in [-0.2, -0.15) is 5.26 Å². The highest BCUT2D eigenvalue weighted by Gasteiger charge is 2.37. The molecule has 2 aromatic carbocycles. The van der Waals surface area contributed by atoms with E-state index >= 15 is 4.39 Å². The molecule has 0 saturated carbocycles. The first-order valence-electron chi connectivity index (χ1n) is 12.6. The van der Waals surface area contributed by atoms with Crippen molar-refractivity contribution in [2.45, 2.75) is 38.8 Å². The zero-order valence-electron chi connectivity index (χ0n) is 21.7. The second-order valence-electron chi connectivity index (χ2n) is 9.67. The molecule has 38 heavy (non-hydrogen) atoms. The number of alkyl halides is 1. The van der Waals surface area contributed by atoms with Crippen LogP contribution < -0.4 is 5.32 Å². The Kier molecular flexibility index (Phi) is 8.01. The fourth-order valence-electron chi connectivity index (χ4n) is 4.44. The lowest BCUT2D eigenvalue weighted by molar-refractivity contribution is -0.112. The van der Waals surface area contributed by atoms with Gasteiger partial charge in [0.25, 0.3) is 11.8 Å². The van der Waals surface area contributed by atoms with Gasteiger partial charge in [0.2, 0.25) is 5.96 Å². The fourth-order valence-corrected chi connectivity index (χ4v) is 4.44. The van der Waals surface area contributed by atoms with Crippen LogP contribution in [0.1, 0.15) is 53.2 Å². The molecule has 0 atom stereocenters. The van der Waals surface area contributed by atoms with Crippen LogP contribution in [0.2, 0.25) is 0 Å². The van der Waals surface area contributed by atoms with E-state index in [1.807, 2.05) is 17.9 Å². The van der Waals surface area contributed by atoms with Crippen LogP contribution in [0.15, 0.2) is 64.2 Å². The summed E-state index contributed by atoms with van der Waals surface area (Å²) in [5.74, 6) is -0.0586. The fraction of sp³-hybridized carbons (Fsp3) is 0.345. The number of piperidine rings is 1. The zero-order valence-corrected chi connectivity index (χ0v) is 21.7. The van der Waals surface area contributed by atoms with Gasteiger partial charge in [0.15, 0.2) is 0 Å². The number of anilines is 1. The number of likely N-dealkylation sites (tertiary alicyclic amines) is 2. The summed E-state index contributed by atoms with van der Waals surface area (Å²) >= 11 is 0. The molecule has 196 valence electrons. The molecule has 2 aromatic rings. The number of carbonyl (C=O) groups excluding carboxylic acids is 2. The molecule has 0 aromatic heterocycles. The number of nitriles is 1. The molecule has 9 heteroatoms. The predicted octanol–water partition coefficient (Wildman–Crippen LogP) is 4.57. The van der Waals surface area contributed by atoms with Gasteiger partial charge in [0, 0.05) is 62.0 Å². The molecule has 2 aliphatic heterocycles. The van der Waals surface area contributed by atoms with E-state index in [9.17, 15) is 9.59 Å². The smallest absolute Gasteiger partial charge is 0.253 e. The maximum absolute atomic E-state index is 15.6. The average Bonchev–Trinajstić information content (AvgIpc) is 2.90. The van der Waals surface area contributed by atoms with Crippen molar-refractivity contribution in [2.24, 2.45) is 9.98 Å². The van der Waals surface area contributed by atoms with Gasteiger partial charge < -0.3 is 15.1 Å². The van der Waals surface area contributed by atoms with Crippen LogP contribution in [0, 0.1) is 18.3 Å². The highest BCUT2D eigenvalue weighted by Crippen LogP contribution is 2.37. The Morgan fingerprint density at radius 1 is 1.11 bits per heavy atom. The number of guanidine groups is 1. The minimum Gasteiger partial charge on any atom is -0.341 e. The number of aryl methyl sites for hydroxylation is 1. The SMILES string of the molecule is C=NC(=N/C=C(\C)C(=O)Nc1cc(C(=O)N2CCC(F)(c3ccc(C#N)cc3)CC2)ccc1C)N1CCC1. The first-order valence-corrected chi connectivity index (χ1v) is 12.6. The van der Waals surface area contributed by atoms with E-state index < -0.39 is 5.67 Å². The van der Waals surface area contributed by atoms with Crippen molar-refractivity contribution in [3.63, 3.8) is 0 Å². The van der Waals surface area contributed by atoms with Crippen molar-refractivity contribution < 1.29 is 14.0 Å². The minimum absolute atomic E-state index is 0.170. The predicted molar refractivity (Wildman–Crippen MR) is 146 cm³/mol. The summed E-state index contributed by atoms with van der Waals surface area (Å²) in [5, 5.41) is 11.8. The van der Waals surface area contributed by atoms with Crippen molar-refractivity contribution in [1.29, 1.82) is 5.26 Å². The number of halogens is 1. The molecular weight excluding hydrogens is 483 g/mol. The number of aliphatic imine (C=N–C) groups is 2. The zero-order chi connectivity index (χ0) is 27.3. The maximum Gasteiger partial charge on any atom is 0.253 e. The molecular formula is C29H31FN6O2. The van der Waals surface area contributed by atoms with E-state index in [-0.39, 0.29) is 37.7 Å². The average molecular weight is 515 g/mol. The highest BCUT2D eigenvalue weighted by molar-refractivity contribution is 6.05. The molecule has 1 N–H and O–H groups in total. The normalized spacial score (nSPS) is 17.3. The number of amides is 2. The monoisotopic (exact) mass is 514 g/mol. The summed E-state index contributed by atoms with van der Waals surface area (Å²) in [4.78, 5) is 37.8. The van der Waals surface area contributed by atoms with Gasteiger partial charge in [0.1, 0.15) is 5.67 Å². The Morgan fingerprint density at radius 2 is 1.79 bits per heavy atom. The Balaban J connectivity index is 1.41. The lowest BCUT2D eigenvalue weighted by Gasteiger charge is -2.37. The first-order chi connectivity index (χ1) is 18.2. The number of benzene rings is 2. The van der Waals surface area contributed by atoms with Crippen LogP contribution in [0.25, 0.3) is 0 Å². The molecule has 0 bridgehead atoms. The van der Waals surface area contributed by atoms with Crippen molar-refractivity contribution in [2.75, 3.05) is 31.5 Å². The molecule has 0 aliphatic carbocycles. The minimum atomic E-state index is -1.54. The summed E-state index contributed by atoms with van der Waals surface area (Å²) in [5.41, 5.74) is 1.61. The van der Waals surface area contributed by atoms with Crippen LogP contribution in [-0.4, -0.2) is 60.5 Å². The second-order valence-corrected chi connectivity index (χ2v) is 9.67. The van der Waals surface area contributed by atoms with Crippen molar-refractivity contribution in [1.82, 2.24) is 9.80 Å². The Labute approximate surface area is 222 Å². The Bertz CT molecular complexity index is 1330. The van der Waals surface area contributed by atoms with Crippen LogP contribution in [0.5, 0.6) is 0 Å². The molecule has 4 rings (SSSR count). The van der Waals surface area contributed by atoms with Gasteiger partial charge in [-0.25, -0.2) is 14.4 Å². The lowest BCUT2D eigenvalue weighted by Crippen LogP contribution is -2.43. The summed E-state index contributed by atoms with van der Waals surface area (Å²) in [6, 6.07) is 13.7. The molecule has 2 saturated heterocycles. The van der Waals surface area contributed by atoms with Crippen molar-refractivity contribution >= 4 is 30.2 Å². The maximum atomic E-state index is 15.6. The Hall–Kier alpha value is -4.32. The summed E-state index contributed by atoms with van der Waals surface area (Å²) < 4.78 is 15.6. The van der Waals surface area contributed by atoms with Gasteiger partial charge in [0.05, 0.1) is 11.6 Å². The number of carbonyl (C=O) groups is 2. The Morgan fingerprint density at radius 3 is 2.37 bits per heavy atom. The van der Waals surface area contributed by atoms with E-state index in [1.54, 1.807) is 54.3 Å². The van der Waals surface area contributed by atoms with E-state index in [2.05, 4.69) is 22.0 Å². The molecule has 0 spiro atoms. The highest BCUT2D eigenvalue weighted by atomic mass is 19.1. The standard InChI is InChI=1S/C29H31FN6O2/c1-20-5-8-23(17-25(20)34-26(37)21(2)19-33-28(32-3)36-13-4-14-36)27(38)35-15-11-29(30,12-16-35)24-9-6-22(18-31)7-10-24/h5-10,17,19H,3-4,11-16H2,1-2H3,(H,34,37)/b21-19+,33-28?. The third-order valence-corrected chi connectivity index (χ3v) is 7.12. The van der Waals surface area contributed by atoms with Gasteiger partial charge in [-0.05, 0) is 62.4 Å². The number of hydrogen-bond donors (Lipinski definition) is 1. The molecule has 2 aliphatic rings. The third kappa shape index (κ3) is 5.80. The van der Waals surface area contributed by atoms with Crippen molar-refractivity contribution in [3.8, 4) is 6.07 Å². The number of rotatable bonds is 5. The van der Waals surface area contributed by atoms with E-state index in [0.29, 0.717) is 33.9 Å². The molecule has 0 radical (unpaired) electrons. The summed E-state index contributed by atoms with van der Waals surface area (Å²) in [7, 11) is 0. The van der Waals surface area contributed by atoms with Crippen LogP contribution in [0.3, 0.4) is 0 Å². The molecule has 0 unspecified atom stereocenters. The summed E-state index contributed by atoms with van der Waals surface area (Å²) in [6.45, 7) is 9.32. The molecule has 8 nitrogen and oxygen atoms in total.